The van der Waals surface area contributed by atoms with E-state index >= 15 is 0 Å². The third kappa shape index (κ3) is 4.17. The number of sulfonamides is 1. The standard InChI is InChI=1S/C20H18FN3O6S/c1-22-16-6-4-14(8-15(16)21)30-19-10-24(11-20(19,26)12-25)31(27,28)18-7-5-13(29-3)9-17(18)23-2/h4-9,19,25-26H,10-12H2,3H3/t19-,20-/m0/s1. The first-order valence-electron chi connectivity index (χ1n) is 8.91. The number of halogens is 1. The van der Waals surface area contributed by atoms with Gasteiger partial charge in [0.05, 0.1) is 38.3 Å². The number of methoxy groups -OCH3 is 1. The summed E-state index contributed by atoms with van der Waals surface area (Å²) in [5.41, 5.74) is -2.34. The highest BCUT2D eigenvalue weighted by atomic mass is 32.2. The van der Waals surface area contributed by atoms with Gasteiger partial charge < -0.3 is 19.7 Å². The van der Waals surface area contributed by atoms with Crippen molar-refractivity contribution in [1.29, 1.82) is 0 Å². The lowest BCUT2D eigenvalue weighted by Gasteiger charge is -2.27. The molecule has 1 fully saturated rings. The normalized spacial score (nSPS) is 21.3. The second kappa shape index (κ2) is 8.49. The van der Waals surface area contributed by atoms with E-state index in [9.17, 15) is 23.0 Å². The first-order chi connectivity index (χ1) is 14.7. The van der Waals surface area contributed by atoms with Crippen LogP contribution in [0.15, 0.2) is 41.3 Å². The molecule has 1 aliphatic rings. The van der Waals surface area contributed by atoms with E-state index in [2.05, 4.69) is 9.69 Å². The largest absolute Gasteiger partial charge is 0.498 e. The average Bonchev–Trinajstić information content (AvgIpc) is 3.11. The van der Waals surface area contributed by atoms with E-state index < -0.39 is 40.7 Å². The van der Waals surface area contributed by atoms with Gasteiger partial charge in [-0.3, -0.25) is 0 Å². The number of hydrogen-bond acceptors (Lipinski definition) is 6. The van der Waals surface area contributed by atoms with Gasteiger partial charge in [-0.2, -0.15) is 4.31 Å². The van der Waals surface area contributed by atoms with Gasteiger partial charge >= 0.3 is 0 Å². The van der Waals surface area contributed by atoms with Crippen molar-refractivity contribution in [2.75, 3.05) is 26.8 Å². The predicted molar refractivity (Wildman–Crippen MR) is 107 cm³/mol. The molecule has 0 aromatic heterocycles. The molecule has 1 aliphatic heterocycles. The third-order valence-corrected chi connectivity index (χ3v) is 6.77. The molecule has 0 amide bonds. The molecule has 2 N–H and O–H groups in total. The summed E-state index contributed by atoms with van der Waals surface area (Å²) in [4.78, 5) is 5.96. The number of hydrogen-bond donors (Lipinski definition) is 2. The molecular formula is C20H18FN3O6S. The minimum Gasteiger partial charge on any atom is -0.498 e. The SMILES string of the molecule is [C-]#[N+]c1ccc(O[C@H]2CN(S(=O)(=O)c3ccc(OC)cc3[N+]#[C-])C[C@]2(O)CO)cc1F. The summed E-state index contributed by atoms with van der Waals surface area (Å²) in [6.45, 7) is 12.5. The summed E-state index contributed by atoms with van der Waals surface area (Å²) in [6.07, 6.45) is -1.22. The fourth-order valence-electron chi connectivity index (χ4n) is 3.19. The molecule has 0 spiro atoms. The van der Waals surface area contributed by atoms with E-state index in [-0.39, 0.29) is 28.6 Å². The maximum Gasteiger partial charge on any atom is 0.233 e. The van der Waals surface area contributed by atoms with Crippen LogP contribution in [-0.2, 0) is 10.0 Å². The topological polar surface area (TPSA) is 105 Å². The first-order valence-corrected chi connectivity index (χ1v) is 10.3. The van der Waals surface area contributed by atoms with Gasteiger partial charge in [-0.05, 0) is 30.3 Å². The van der Waals surface area contributed by atoms with E-state index in [1.54, 1.807) is 0 Å². The number of β-amino-alcohol motifs (C(OH)–C–C–N with tert-alkyl or cyclic N) is 1. The number of rotatable bonds is 6. The van der Waals surface area contributed by atoms with Crippen molar-refractivity contribution >= 4 is 21.4 Å². The monoisotopic (exact) mass is 447 g/mol. The molecule has 162 valence electrons. The number of ether oxygens (including phenoxy) is 2. The van der Waals surface area contributed by atoms with Crippen LogP contribution in [0, 0.1) is 19.0 Å². The van der Waals surface area contributed by atoms with Gasteiger partial charge in [-0.15, -0.1) is 0 Å². The van der Waals surface area contributed by atoms with Crippen LogP contribution >= 0.6 is 0 Å². The maximum atomic E-state index is 13.9. The van der Waals surface area contributed by atoms with Gasteiger partial charge in [0, 0.05) is 12.6 Å². The Morgan fingerprint density at radius 1 is 1.19 bits per heavy atom. The van der Waals surface area contributed by atoms with Crippen molar-refractivity contribution in [3.63, 3.8) is 0 Å². The van der Waals surface area contributed by atoms with Crippen LogP contribution in [0.1, 0.15) is 0 Å². The smallest absolute Gasteiger partial charge is 0.233 e. The fraction of sp³-hybridized carbons (Fsp3) is 0.300. The van der Waals surface area contributed by atoms with Crippen molar-refractivity contribution < 1.29 is 32.5 Å². The Balaban J connectivity index is 1.92. The molecule has 0 unspecified atom stereocenters. The van der Waals surface area contributed by atoms with Gasteiger partial charge in [0.2, 0.25) is 21.4 Å². The summed E-state index contributed by atoms with van der Waals surface area (Å²) in [7, 11) is -2.85. The molecule has 1 heterocycles. The molecular weight excluding hydrogens is 429 g/mol. The van der Waals surface area contributed by atoms with Gasteiger partial charge in [0.1, 0.15) is 29.0 Å². The zero-order chi connectivity index (χ0) is 22.8. The molecule has 2 aromatic rings. The lowest BCUT2D eigenvalue weighted by atomic mass is 10.0. The maximum absolute atomic E-state index is 13.9. The third-order valence-electron chi connectivity index (χ3n) is 4.92. The molecule has 0 radical (unpaired) electrons. The molecule has 2 aromatic carbocycles. The van der Waals surface area contributed by atoms with Crippen LogP contribution in [0.5, 0.6) is 11.5 Å². The Morgan fingerprint density at radius 3 is 2.45 bits per heavy atom. The minimum atomic E-state index is -4.23. The van der Waals surface area contributed by atoms with Crippen LogP contribution < -0.4 is 9.47 Å². The van der Waals surface area contributed by atoms with Gasteiger partial charge in [0.15, 0.2) is 0 Å². The summed E-state index contributed by atoms with van der Waals surface area (Å²) >= 11 is 0. The number of benzene rings is 2. The van der Waals surface area contributed by atoms with E-state index in [0.29, 0.717) is 5.75 Å². The Morgan fingerprint density at radius 2 is 1.87 bits per heavy atom. The van der Waals surface area contributed by atoms with Crippen LogP contribution in [0.4, 0.5) is 15.8 Å². The number of nitrogens with zero attached hydrogens (tertiary/aromatic N) is 3. The predicted octanol–water partition coefficient (Wildman–Crippen LogP) is 2.11. The number of aliphatic hydroxyl groups is 2. The van der Waals surface area contributed by atoms with E-state index in [0.717, 1.165) is 10.4 Å². The summed E-state index contributed by atoms with van der Waals surface area (Å²) in [5.74, 6) is -0.556. The molecule has 0 saturated carbocycles. The summed E-state index contributed by atoms with van der Waals surface area (Å²) < 4.78 is 51.7. The lowest BCUT2D eigenvalue weighted by Crippen LogP contribution is -2.48. The highest BCUT2D eigenvalue weighted by molar-refractivity contribution is 7.89. The van der Waals surface area contributed by atoms with Crippen LogP contribution in [0.25, 0.3) is 9.69 Å². The lowest BCUT2D eigenvalue weighted by molar-refractivity contribution is -0.0641. The molecule has 9 nitrogen and oxygen atoms in total. The van der Waals surface area contributed by atoms with Gasteiger partial charge in [0.25, 0.3) is 0 Å². The molecule has 11 heteroatoms. The Hall–Kier alpha value is -3.22. The van der Waals surface area contributed by atoms with E-state index in [1.165, 1.54) is 37.4 Å². The highest BCUT2D eigenvalue weighted by Gasteiger charge is 2.51. The Labute approximate surface area is 178 Å². The molecule has 0 aliphatic carbocycles. The van der Waals surface area contributed by atoms with Gasteiger partial charge in [-0.1, -0.05) is 0 Å². The minimum absolute atomic E-state index is 0.0349. The molecule has 0 bridgehead atoms. The van der Waals surface area contributed by atoms with E-state index in [1.807, 2.05) is 0 Å². The summed E-state index contributed by atoms with van der Waals surface area (Å²) in [5, 5.41) is 20.5. The Kier molecular flexibility index (Phi) is 6.15. The van der Waals surface area contributed by atoms with Crippen LogP contribution in [0.2, 0.25) is 0 Å². The first kappa shape index (κ1) is 22.5. The zero-order valence-corrected chi connectivity index (χ0v) is 17.1. The van der Waals surface area contributed by atoms with Gasteiger partial charge in [-0.25, -0.2) is 22.5 Å². The fourth-order valence-corrected chi connectivity index (χ4v) is 4.81. The highest BCUT2D eigenvalue weighted by Crippen LogP contribution is 2.36. The van der Waals surface area contributed by atoms with Crippen LogP contribution in [0.3, 0.4) is 0 Å². The van der Waals surface area contributed by atoms with E-state index in [4.69, 9.17) is 22.6 Å². The summed E-state index contributed by atoms with van der Waals surface area (Å²) in [6, 6.07) is 7.36. The molecule has 3 rings (SSSR count). The average molecular weight is 447 g/mol. The van der Waals surface area contributed by atoms with Crippen LogP contribution in [-0.4, -0.2) is 61.4 Å². The second-order valence-electron chi connectivity index (χ2n) is 6.84. The molecule has 31 heavy (non-hydrogen) atoms. The van der Waals surface area contributed by atoms with Crippen molar-refractivity contribution in [2.45, 2.75) is 16.6 Å². The van der Waals surface area contributed by atoms with Crippen molar-refractivity contribution in [1.82, 2.24) is 4.31 Å². The molecule has 2 atom stereocenters. The quantitative estimate of drug-likeness (QED) is 0.658. The van der Waals surface area contributed by atoms with Crippen molar-refractivity contribution in [3.8, 4) is 11.5 Å². The zero-order valence-electron chi connectivity index (χ0n) is 16.3. The van der Waals surface area contributed by atoms with Crippen molar-refractivity contribution in [3.05, 3.63) is 65.0 Å². The molecule has 1 saturated heterocycles. The Bertz CT molecular complexity index is 1190. The second-order valence-corrected chi connectivity index (χ2v) is 8.74. The van der Waals surface area contributed by atoms with Crippen molar-refractivity contribution in [2.24, 2.45) is 0 Å². The number of aliphatic hydroxyl groups excluding tert-OH is 1.